The number of amides is 2. The quantitative estimate of drug-likeness (QED) is 0.466. The van der Waals surface area contributed by atoms with E-state index in [4.69, 9.17) is 4.74 Å². The van der Waals surface area contributed by atoms with Crippen molar-refractivity contribution < 1.29 is 18.7 Å². The van der Waals surface area contributed by atoms with Crippen LogP contribution in [0.2, 0.25) is 0 Å². The fourth-order valence-corrected chi connectivity index (χ4v) is 4.35. The lowest BCUT2D eigenvalue weighted by atomic mass is 10.1. The normalized spacial score (nSPS) is 15.7. The minimum absolute atomic E-state index is 0.213. The maximum absolute atomic E-state index is 13.4. The number of thiazole rings is 1. The van der Waals surface area contributed by atoms with Crippen LogP contribution in [0.15, 0.2) is 60.1 Å². The summed E-state index contributed by atoms with van der Waals surface area (Å²) in [5.74, 6) is -0.419. The van der Waals surface area contributed by atoms with Gasteiger partial charge in [0.15, 0.2) is 4.96 Å². The molecule has 1 atom stereocenters. The lowest BCUT2D eigenvalue weighted by Gasteiger charge is -2.12. The van der Waals surface area contributed by atoms with Gasteiger partial charge in [0.1, 0.15) is 23.4 Å². The summed E-state index contributed by atoms with van der Waals surface area (Å²) >= 11 is 1.43. The number of halogens is 1. The third-order valence-electron chi connectivity index (χ3n) is 5.23. The van der Waals surface area contributed by atoms with Crippen LogP contribution < -0.4 is 10.6 Å². The first-order valence-corrected chi connectivity index (χ1v) is 11.0. The van der Waals surface area contributed by atoms with Crippen LogP contribution in [0.4, 0.5) is 15.9 Å². The molecule has 2 amide bonds. The van der Waals surface area contributed by atoms with Crippen LogP contribution in [0.5, 0.6) is 0 Å². The molecule has 9 heteroatoms. The standard InChI is InChI=1S/C23H19FN4O3S/c24-16-8-6-14(7-9-16)19-20(28-10-12-32-23(28)26-19)27-21(29)15-3-1-4-17(13-15)25-22(30)18-5-2-11-31-18/h1,3-4,6-10,12-13,18H,2,5,11H2,(H,25,30)(H,27,29). The molecule has 2 aromatic carbocycles. The summed E-state index contributed by atoms with van der Waals surface area (Å²) in [5, 5.41) is 7.60. The molecule has 1 fully saturated rings. The SMILES string of the molecule is O=C(Nc1c(-c2ccc(F)cc2)nc2sccn12)c1cccc(NC(=O)C2CCCO2)c1. The van der Waals surface area contributed by atoms with Crippen molar-refractivity contribution >= 4 is 39.6 Å². The van der Waals surface area contributed by atoms with E-state index in [0.29, 0.717) is 46.3 Å². The number of fused-ring (bicyclic) bond motifs is 1. The number of carbonyl (C=O) groups is 2. The first kappa shape index (κ1) is 20.3. The third kappa shape index (κ3) is 4.00. The van der Waals surface area contributed by atoms with Gasteiger partial charge in [0.25, 0.3) is 11.8 Å². The summed E-state index contributed by atoms with van der Waals surface area (Å²) in [4.78, 5) is 30.7. The van der Waals surface area contributed by atoms with Gasteiger partial charge < -0.3 is 15.4 Å². The largest absolute Gasteiger partial charge is 0.368 e. The molecule has 1 unspecified atom stereocenters. The molecule has 0 radical (unpaired) electrons. The Morgan fingerprint density at radius 2 is 2.00 bits per heavy atom. The van der Waals surface area contributed by atoms with Gasteiger partial charge >= 0.3 is 0 Å². The zero-order valence-electron chi connectivity index (χ0n) is 16.9. The van der Waals surface area contributed by atoms with E-state index in [-0.39, 0.29) is 17.6 Å². The molecule has 4 aromatic rings. The number of aromatic nitrogens is 2. The zero-order valence-corrected chi connectivity index (χ0v) is 17.7. The lowest BCUT2D eigenvalue weighted by molar-refractivity contribution is -0.124. The average molecular weight is 450 g/mol. The summed E-state index contributed by atoms with van der Waals surface area (Å²) in [5.41, 5.74) is 2.14. The number of hydrogen-bond donors (Lipinski definition) is 2. The minimum atomic E-state index is -0.454. The molecule has 1 saturated heterocycles. The first-order valence-electron chi connectivity index (χ1n) is 10.1. The Labute approximate surface area is 186 Å². The van der Waals surface area contributed by atoms with Gasteiger partial charge in [0, 0.05) is 35.0 Å². The summed E-state index contributed by atoms with van der Waals surface area (Å²) in [6.07, 6.45) is 2.91. The van der Waals surface area contributed by atoms with Crippen molar-refractivity contribution in [3.63, 3.8) is 0 Å². The van der Waals surface area contributed by atoms with Crippen molar-refractivity contribution in [3.8, 4) is 11.3 Å². The van der Waals surface area contributed by atoms with Crippen molar-refractivity contribution in [2.75, 3.05) is 17.2 Å². The lowest BCUT2D eigenvalue weighted by Crippen LogP contribution is -2.27. The zero-order chi connectivity index (χ0) is 22.1. The van der Waals surface area contributed by atoms with Crippen molar-refractivity contribution in [2.45, 2.75) is 18.9 Å². The molecule has 3 heterocycles. The van der Waals surface area contributed by atoms with E-state index in [0.717, 1.165) is 6.42 Å². The molecule has 0 bridgehead atoms. The fourth-order valence-electron chi connectivity index (χ4n) is 3.64. The second-order valence-electron chi connectivity index (χ2n) is 7.40. The van der Waals surface area contributed by atoms with Crippen molar-refractivity contribution in [3.05, 3.63) is 71.5 Å². The topological polar surface area (TPSA) is 84.7 Å². The maximum Gasteiger partial charge on any atom is 0.256 e. The molecule has 2 N–H and O–H groups in total. The summed E-state index contributed by atoms with van der Waals surface area (Å²) in [7, 11) is 0. The number of carbonyl (C=O) groups excluding carboxylic acids is 2. The van der Waals surface area contributed by atoms with E-state index in [1.165, 1.54) is 23.5 Å². The smallest absolute Gasteiger partial charge is 0.256 e. The van der Waals surface area contributed by atoms with E-state index < -0.39 is 6.10 Å². The Morgan fingerprint density at radius 1 is 1.16 bits per heavy atom. The predicted molar refractivity (Wildman–Crippen MR) is 120 cm³/mol. The average Bonchev–Trinajstić information content (AvgIpc) is 3.54. The van der Waals surface area contributed by atoms with E-state index in [9.17, 15) is 14.0 Å². The molecular formula is C23H19FN4O3S. The van der Waals surface area contributed by atoms with Crippen molar-refractivity contribution in [1.82, 2.24) is 9.38 Å². The number of nitrogens with one attached hydrogen (secondary N) is 2. The summed E-state index contributed by atoms with van der Waals surface area (Å²) in [6.45, 7) is 0.583. The van der Waals surface area contributed by atoms with E-state index in [1.54, 1.807) is 40.8 Å². The van der Waals surface area contributed by atoms with Gasteiger partial charge in [0.05, 0.1) is 0 Å². The van der Waals surface area contributed by atoms with E-state index in [2.05, 4.69) is 15.6 Å². The van der Waals surface area contributed by atoms with Crippen LogP contribution in [-0.2, 0) is 9.53 Å². The molecule has 32 heavy (non-hydrogen) atoms. The molecule has 162 valence electrons. The van der Waals surface area contributed by atoms with Gasteiger partial charge in [-0.2, -0.15) is 0 Å². The number of anilines is 2. The van der Waals surface area contributed by atoms with Gasteiger partial charge in [-0.3, -0.25) is 14.0 Å². The van der Waals surface area contributed by atoms with Crippen LogP contribution in [0.25, 0.3) is 16.2 Å². The Balaban J connectivity index is 1.40. The second kappa shape index (κ2) is 8.52. The Hall–Kier alpha value is -3.56. The molecule has 7 nitrogen and oxygen atoms in total. The van der Waals surface area contributed by atoms with Gasteiger partial charge in [-0.25, -0.2) is 9.37 Å². The van der Waals surface area contributed by atoms with Crippen molar-refractivity contribution in [2.24, 2.45) is 0 Å². The molecule has 5 rings (SSSR count). The monoisotopic (exact) mass is 450 g/mol. The van der Waals surface area contributed by atoms with Gasteiger partial charge in [-0.1, -0.05) is 6.07 Å². The minimum Gasteiger partial charge on any atom is -0.368 e. The highest BCUT2D eigenvalue weighted by atomic mass is 32.1. The molecule has 0 aliphatic carbocycles. The van der Waals surface area contributed by atoms with Gasteiger partial charge in [-0.05, 0) is 55.3 Å². The Kier molecular flexibility index (Phi) is 5.42. The van der Waals surface area contributed by atoms with Crippen LogP contribution in [0, 0.1) is 5.82 Å². The molecular weight excluding hydrogens is 431 g/mol. The highest BCUT2D eigenvalue weighted by Crippen LogP contribution is 2.31. The van der Waals surface area contributed by atoms with Gasteiger partial charge in [0.2, 0.25) is 0 Å². The van der Waals surface area contributed by atoms with E-state index in [1.807, 2.05) is 11.6 Å². The van der Waals surface area contributed by atoms with Gasteiger partial charge in [-0.15, -0.1) is 11.3 Å². The number of nitrogens with zero attached hydrogens (tertiary/aromatic N) is 2. The first-order chi connectivity index (χ1) is 15.6. The molecule has 2 aromatic heterocycles. The highest BCUT2D eigenvalue weighted by molar-refractivity contribution is 7.15. The molecule has 0 saturated carbocycles. The van der Waals surface area contributed by atoms with Crippen LogP contribution in [0.1, 0.15) is 23.2 Å². The van der Waals surface area contributed by atoms with E-state index >= 15 is 0 Å². The predicted octanol–water partition coefficient (Wildman–Crippen LogP) is 4.57. The summed E-state index contributed by atoms with van der Waals surface area (Å²) < 4.78 is 20.6. The maximum atomic E-state index is 13.4. The summed E-state index contributed by atoms with van der Waals surface area (Å²) in [6, 6.07) is 12.7. The van der Waals surface area contributed by atoms with Crippen LogP contribution >= 0.6 is 11.3 Å². The fraction of sp³-hybridized carbons (Fsp3) is 0.174. The van der Waals surface area contributed by atoms with Crippen molar-refractivity contribution in [1.29, 1.82) is 0 Å². The number of hydrogen-bond acceptors (Lipinski definition) is 5. The van der Waals surface area contributed by atoms with Crippen LogP contribution in [-0.4, -0.2) is 33.9 Å². The number of imidazole rings is 1. The Bertz CT molecular complexity index is 1290. The number of ether oxygens (including phenoxy) is 1. The van der Waals surface area contributed by atoms with Crippen LogP contribution in [0.3, 0.4) is 0 Å². The molecule has 1 aliphatic heterocycles. The second-order valence-corrected chi connectivity index (χ2v) is 8.27. The molecule has 1 aliphatic rings. The third-order valence-corrected chi connectivity index (χ3v) is 5.98. The highest BCUT2D eigenvalue weighted by Gasteiger charge is 2.24. The molecule has 0 spiro atoms. The Morgan fingerprint density at radius 3 is 2.78 bits per heavy atom. The number of benzene rings is 2. The number of rotatable bonds is 5.